The molecule has 0 aliphatic heterocycles. The molecule has 0 fully saturated rings. The fraction of sp³-hybridized carbons (Fsp3) is 0.167. The first kappa shape index (κ1) is 18.2. The summed E-state index contributed by atoms with van der Waals surface area (Å²) in [4.78, 5) is 14.0. The monoisotopic (exact) mass is 386 g/mol. The summed E-state index contributed by atoms with van der Waals surface area (Å²) in [6, 6.07) is 17.1. The van der Waals surface area contributed by atoms with Crippen molar-refractivity contribution in [3.63, 3.8) is 0 Å². The van der Waals surface area contributed by atoms with Gasteiger partial charge in [-0.2, -0.15) is 0 Å². The fourth-order valence-electron chi connectivity index (χ4n) is 2.16. The first-order chi connectivity index (χ1) is 12.7. The van der Waals surface area contributed by atoms with Crippen molar-refractivity contribution in [3.05, 3.63) is 54.6 Å². The highest BCUT2D eigenvalue weighted by molar-refractivity contribution is 8.01. The molecule has 3 rings (SSSR count). The van der Waals surface area contributed by atoms with E-state index in [0.29, 0.717) is 10.9 Å². The Hall–Kier alpha value is -2.58. The van der Waals surface area contributed by atoms with E-state index in [1.165, 1.54) is 23.1 Å². The van der Waals surface area contributed by atoms with Crippen molar-refractivity contribution in [3.8, 4) is 5.75 Å². The van der Waals surface area contributed by atoms with Gasteiger partial charge in [-0.15, -0.1) is 10.2 Å². The van der Waals surface area contributed by atoms with Gasteiger partial charge in [-0.3, -0.25) is 4.79 Å². The standard InChI is InChI=1S/C18H18N4O2S2/c1-22(14-8-4-3-5-9-14)16(23)12-25-18-21-20-17(26-18)19-13-7-6-10-15(11-13)24-2/h3-11H,12H2,1-2H3,(H,19,20). The van der Waals surface area contributed by atoms with Crippen LogP contribution in [0.5, 0.6) is 5.75 Å². The van der Waals surface area contributed by atoms with Crippen LogP contribution in [-0.2, 0) is 4.79 Å². The van der Waals surface area contributed by atoms with Crippen LogP contribution >= 0.6 is 23.1 Å². The molecule has 1 N–H and O–H groups in total. The highest BCUT2D eigenvalue weighted by atomic mass is 32.2. The third kappa shape index (κ3) is 4.74. The van der Waals surface area contributed by atoms with Gasteiger partial charge in [0.2, 0.25) is 11.0 Å². The Morgan fingerprint density at radius 3 is 2.77 bits per heavy atom. The first-order valence-electron chi connectivity index (χ1n) is 7.84. The highest BCUT2D eigenvalue weighted by Crippen LogP contribution is 2.29. The Labute approximate surface area is 160 Å². The molecule has 0 saturated carbocycles. The molecular weight excluding hydrogens is 368 g/mol. The SMILES string of the molecule is COc1cccc(Nc2nnc(SCC(=O)N(C)c3ccccc3)s2)c1. The lowest BCUT2D eigenvalue weighted by Gasteiger charge is -2.16. The summed E-state index contributed by atoms with van der Waals surface area (Å²) < 4.78 is 5.94. The summed E-state index contributed by atoms with van der Waals surface area (Å²) in [5, 5.41) is 12.1. The molecule has 1 aromatic heterocycles. The normalized spacial score (nSPS) is 10.4. The number of aromatic nitrogens is 2. The molecule has 0 saturated heterocycles. The minimum Gasteiger partial charge on any atom is -0.497 e. The van der Waals surface area contributed by atoms with E-state index in [2.05, 4.69) is 15.5 Å². The van der Waals surface area contributed by atoms with Crippen LogP contribution in [-0.4, -0.2) is 36.0 Å². The van der Waals surface area contributed by atoms with Crippen LogP contribution in [0.3, 0.4) is 0 Å². The maximum Gasteiger partial charge on any atom is 0.237 e. The predicted molar refractivity (Wildman–Crippen MR) is 107 cm³/mol. The van der Waals surface area contributed by atoms with Crippen LogP contribution in [0.2, 0.25) is 0 Å². The number of carbonyl (C=O) groups excluding carboxylic acids is 1. The average Bonchev–Trinajstić information content (AvgIpc) is 3.13. The van der Waals surface area contributed by atoms with Crippen molar-refractivity contribution in [1.82, 2.24) is 10.2 Å². The summed E-state index contributed by atoms with van der Waals surface area (Å²) in [7, 11) is 3.40. The Balaban J connectivity index is 1.56. The van der Waals surface area contributed by atoms with Gasteiger partial charge in [-0.05, 0) is 24.3 Å². The average molecular weight is 387 g/mol. The van der Waals surface area contributed by atoms with Gasteiger partial charge >= 0.3 is 0 Å². The third-order valence-electron chi connectivity index (χ3n) is 3.56. The summed E-state index contributed by atoms with van der Waals surface area (Å²) in [5.41, 5.74) is 1.74. The fourth-order valence-corrected chi connectivity index (χ4v) is 3.84. The zero-order chi connectivity index (χ0) is 18.4. The van der Waals surface area contributed by atoms with E-state index in [9.17, 15) is 4.79 Å². The van der Waals surface area contributed by atoms with Gasteiger partial charge in [0.25, 0.3) is 0 Å². The van der Waals surface area contributed by atoms with Crippen molar-refractivity contribution in [2.75, 3.05) is 30.1 Å². The summed E-state index contributed by atoms with van der Waals surface area (Å²) in [6.45, 7) is 0. The van der Waals surface area contributed by atoms with Gasteiger partial charge in [0.1, 0.15) is 5.75 Å². The van der Waals surface area contributed by atoms with Gasteiger partial charge in [0.05, 0.1) is 12.9 Å². The quantitative estimate of drug-likeness (QED) is 0.618. The number of amides is 1. The van der Waals surface area contributed by atoms with E-state index in [4.69, 9.17) is 4.74 Å². The number of methoxy groups -OCH3 is 1. The predicted octanol–water partition coefficient (Wildman–Crippen LogP) is 4.05. The molecule has 0 aliphatic rings. The molecule has 0 aliphatic carbocycles. The van der Waals surface area contributed by atoms with Crippen molar-refractivity contribution >= 4 is 45.5 Å². The van der Waals surface area contributed by atoms with Gasteiger partial charge in [0.15, 0.2) is 4.34 Å². The number of rotatable bonds is 7. The van der Waals surface area contributed by atoms with Crippen LogP contribution in [0, 0.1) is 0 Å². The molecular formula is C18H18N4O2S2. The largest absolute Gasteiger partial charge is 0.497 e. The number of para-hydroxylation sites is 1. The second kappa shape index (κ2) is 8.68. The molecule has 0 radical (unpaired) electrons. The van der Waals surface area contributed by atoms with Crippen LogP contribution in [0.1, 0.15) is 0 Å². The van der Waals surface area contributed by atoms with Crippen molar-refractivity contribution in [2.24, 2.45) is 0 Å². The Kier molecular flexibility index (Phi) is 6.08. The number of ether oxygens (including phenoxy) is 1. The topological polar surface area (TPSA) is 67.3 Å². The zero-order valence-corrected chi connectivity index (χ0v) is 16.0. The molecule has 1 heterocycles. The number of nitrogens with zero attached hydrogens (tertiary/aromatic N) is 3. The summed E-state index contributed by atoms with van der Waals surface area (Å²) in [5.74, 6) is 1.08. The minimum atomic E-state index is 0.0127. The molecule has 1 amide bonds. The second-order valence-corrected chi connectivity index (χ2v) is 7.51. The molecule has 0 unspecified atom stereocenters. The molecule has 0 bridgehead atoms. The Morgan fingerprint density at radius 1 is 1.19 bits per heavy atom. The van der Waals surface area contributed by atoms with Crippen LogP contribution in [0.15, 0.2) is 58.9 Å². The molecule has 3 aromatic rings. The number of carbonyl (C=O) groups is 1. The highest BCUT2D eigenvalue weighted by Gasteiger charge is 2.13. The van der Waals surface area contributed by atoms with E-state index in [0.717, 1.165) is 21.5 Å². The molecule has 2 aromatic carbocycles. The number of hydrogen-bond acceptors (Lipinski definition) is 7. The molecule has 6 nitrogen and oxygen atoms in total. The smallest absolute Gasteiger partial charge is 0.237 e. The molecule has 26 heavy (non-hydrogen) atoms. The van der Waals surface area contributed by atoms with E-state index in [1.54, 1.807) is 19.1 Å². The maximum atomic E-state index is 12.3. The maximum absolute atomic E-state index is 12.3. The van der Waals surface area contributed by atoms with Crippen LogP contribution in [0.25, 0.3) is 0 Å². The molecule has 0 atom stereocenters. The van der Waals surface area contributed by atoms with Gasteiger partial charge in [-0.1, -0.05) is 47.4 Å². The molecule has 0 spiro atoms. The number of benzene rings is 2. The minimum absolute atomic E-state index is 0.0127. The molecule has 8 heteroatoms. The lowest BCUT2D eigenvalue weighted by molar-refractivity contribution is -0.115. The van der Waals surface area contributed by atoms with Crippen molar-refractivity contribution < 1.29 is 9.53 Å². The van der Waals surface area contributed by atoms with Crippen molar-refractivity contribution in [2.45, 2.75) is 4.34 Å². The lowest BCUT2D eigenvalue weighted by atomic mass is 10.3. The van der Waals surface area contributed by atoms with E-state index >= 15 is 0 Å². The zero-order valence-electron chi connectivity index (χ0n) is 14.4. The summed E-state index contributed by atoms with van der Waals surface area (Å²) in [6.07, 6.45) is 0. The molecule has 134 valence electrons. The van der Waals surface area contributed by atoms with Gasteiger partial charge < -0.3 is 15.0 Å². The number of hydrogen-bond donors (Lipinski definition) is 1. The van der Waals surface area contributed by atoms with Crippen molar-refractivity contribution in [1.29, 1.82) is 0 Å². The number of anilines is 3. The number of thioether (sulfide) groups is 1. The van der Waals surface area contributed by atoms with E-state index < -0.39 is 0 Å². The second-order valence-electron chi connectivity index (χ2n) is 5.31. The van der Waals surface area contributed by atoms with E-state index in [-0.39, 0.29) is 5.91 Å². The van der Waals surface area contributed by atoms with Gasteiger partial charge in [0, 0.05) is 24.5 Å². The number of nitrogens with one attached hydrogen (secondary N) is 1. The third-order valence-corrected chi connectivity index (χ3v) is 5.52. The summed E-state index contributed by atoms with van der Waals surface area (Å²) >= 11 is 2.79. The Morgan fingerprint density at radius 2 is 2.00 bits per heavy atom. The lowest BCUT2D eigenvalue weighted by Crippen LogP contribution is -2.27. The van der Waals surface area contributed by atoms with Crippen LogP contribution in [0.4, 0.5) is 16.5 Å². The van der Waals surface area contributed by atoms with Crippen LogP contribution < -0.4 is 15.0 Å². The first-order valence-corrected chi connectivity index (χ1v) is 9.65. The van der Waals surface area contributed by atoms with Gasteiger partial charge in [-0.25, -0.2) is 0 Å². The Bertz CT molecular complexity index is 870. The van der Waals surface area contributed by atoms with E-state index in [1.807, 2.05) is 54.6 Å².